The zero-order chi connectivity index (χ0) is 26.9. The van der Waals surface area contributed by atoms with E-state index >= 15 is 0 Å². The van der Waals surface area contributed by atoms with Crippen molar-refractivity contribution in [2.45, 2.75) is 43.1 Å². The number of nitrogens with one attached hydrogen (secondary N) is 3. The lowest BCUT2D eigenvalue weighted by Gasteiger charge is -2.34. The highest BCUT2D eigenvalue weighted by Crippen LogP contribution is 2.48. The molecule has 0 aliphatic heterocycles. The average molecular weight is 521 g/mol. The Morgan fingerprint density at radius 2 is 1.82 bits per heavy atom. The van der Waals surface area contributed by atoms with Crippen molar-refractivity contribution in [3.05, 3.63) is 72.1 Å². The minimum atomic E-state index is -2.69. The first-order valence-electron chi connectivity index (χ1n) is 12.1. The van der Waals surface area contributed by atoms with Crippen molar-refractivity contribution in [1.82, 2.24) is 20.3 Å². The lowest BCUT2D eigenvalue weighted by Crippen LogP contribution is -2.43. The summed E-state index contributed by atoms with van der Waals surface area (Å²) < 4.78 is 31.7. The lowest BCUT2D eigenvalue weighted by molar-refractivity contribution is -0.140. The van der Waals surface area contributed by atoms with Crippen LogP contribution in [0.5, 0.6) is 5.88 Å². The fourth-order valence-electron chi connectivity index (χ4n) is 4.45. The molecule has 2 fully saturated rings. The molecule has 0 atom stereocenters. The second-order valence-electron chi connectivity index (χ2n) is 9.45. The highest BCUT2D eigenvalue weighted by molar-refractivity contribution is 6.09. The van der Waals surface area contributed by atoms with Crippen LogP contribution < -0.4 is 15.4 Å². The van der Waals surface area contributed by atoms with Crippen LogP contribution in [0.2, 0.25) is 0 Å². The number of carboxylic acid groups (broad SMARTS) is 1. The standard InChI is InChI=1S/C27H26F2N6O3/c1-31-24(35-22-14-32-15-23(34-22)38-19-10-27(28,29)11-19)20(12-30)21-7-4-17(13-33-21)16-2-5-18(6-3-16)26(8-9-26)25(36)37/h2-7,12-15,19,30-31H,8-11H2,1H3,(H,34,35)(H,36,37)/b24-20-,30-12?. The number of pyridine rings is 1. The minimum absolute atomic E-state index is 0.131. The highest BCUT2D eigenvalue weighted by Gasteiger charge is 2.51. The Balaban J connectivity index is 1.31. The van der Waals surface area contributed by atoms with Crippen molar-refractivity contribution in [3.8, 4) is 17.0 Å². The molecular formula is C27H26F2N6O3. The Kier molecular flexibility index (Phi) is 6.52. The van der Waals surface area contributed by atoms with Gasteiger partial charge in [-0.05, 0) is 30.0 Å². The van der Waals surface area contributed by atoms with Crippen LogP contribution in [0.4, 0.5) is 14.6 Å². The molecule has 196 valence electrons. The van der Waals surface area contributed by atoms with E-state index in [0.717, 1.165) is 22.9 Å². The van der Waals surface area contributed by atoms with Gasteiger partial charge in [-0.25, -0.2) is 8.78 Å². The van der Waals surface area contributed by atoms with E-state index < -0.39 is 23.4 Å². The molecule has 2 aliphatic rings. The number of anilines is 1. The van der Waals surface area contributed by atoms with Crippen LogP contribution >= 0.6 is 0 Å². The lowest BCUT2D eigenvalue weighted by atomic mass is 9.91. The minimum Gasteiger partial charge on any atom is -0.481 e. The number of benzene rings is 1. The Bertz CT molecular complexity index is 1380. The number of carboxylic acids is 1. The number of hydrogen-bond acceptors (Lipinski definition) is 8. The number of rotatable bonds is 10. The molecule has 38 heavy (non-hydrogen) atoms. The third kappa shape index (κ3) is 5.04. The monoisotopic (exact) mass is 520 g/mol. The maximum atomic E-state index is 13.1. The molecule has 0 bridgehead atoms. The smallest absolute Gasteiger partial charge is 0.314 e. The van der Waals surface area contributed by atoms with E-state index in [-0.39, 0.29) is 18.7 Å². The first-order chi connectivity index (χ1) is 18.2. The van der Waals surface area contributed by atoms with Crippen LogP contribution in [-0.4, -0.2) is 51.3 Å². The van der Waals surface area contributed by atoms with E-state index in [0.29, 0.717) is 35.7 Å². The molecule has 4 N–H and O–H groups in total. The van der Waals surface area contributed by atoms with Gasteiger partial charge in [-0.15, -0.1) is 0 Å². The first kappa shape index (κ1) is 25.2. The molecule has 2 aromatic heterocycles. The Morgan fingerprint density at radius 3 is 2.37 bits per heavy atom. The van der Waals surface area contributed by atoms with Crippen LogP contribution in [0, 0.1) is 5.41 Å². The number of allylic oxidation sites excluding steroid dienone is 1. The zero-order valence-corrected chi connectivity index (χ0v) is 20.5. The van der Waals surface area contributed by atoms with Gasteiger partial charge < -0.3 is 25.9 Å². The van der Waals surface area contributed by atoms with E-state index in [1.165, 1.54) is 12.4 Å². The van der Waals surface area contributed by atoms with Crippen molar-refractivity contribution in [2.75, 3.05) is 12.4 Å². The van der Waals surface area contributed by atoms with Gasteiger partial charge in [0.15, 0.2) is 5.82 Å². The van der Waals surface area contributed by atoms with Gasteiger partial charge in [0.05, 0.1) is 29.1 Å². The van der Waals surface area contributed by atoms with Crippen LogP contribution in [-0.2, 0) is 10.2 Å². The molecular weight excluding hydrogens is 494 g/mol. The van der Waals surface area contributed by atoms with Gasteiger partial charge in [-0.1, -0.05) is 30.3 Å². The van der Waals surface area contributed by atoms with E-state index in [4.69, 9.17) is 10.1 Å². The molecule has 3 aromatic rings. The summed E-state index contributed by atoms with van der Waals surface area (Å²) in [4.78, 5) is 24.5. The van der Waals surface area contributed by atoms with Crippen LogP contribution in [0.3, 0.4) is 0 Å². The number of carbonyl (C=O) groups is 1. The molecule has 5 rings (SSSR count). The van der Waals surface area contributed by atoms with E-state index in [1.807, 2.05) is 30.3 Å². The molecule has 9 nitrogen and oxygen atoms in total. The molecule has 0 radical (unpaired) electrons. The maximum Gasteiger partial charge on any atom is 0.314 e. The Morgan fingerprint density at radius 1 is 1.11 bits per heavy atom. The number of ether oxygens (including phenoxy) is 1. The number of aliphatic carboxylic acids is 1. The van der Waals surface area contributed by atoms with Crippen molar-refractivity contribution < 1.29 is 23.4 Å². The zero-order valence-electron chi connectivity index (χ0n) is 20.5. The summed E-state index contributed by atoms with van der Waals surface area (Å²) in [7, 11) is 1.68. The number of nitrogens with zero attached hydrogens (tertiary/aromatic N) is 3. The molecule has 11 heteroatoms. The van der Waals surface area contributed by atoms with Gasteiger partial charge in [0.2, 0.25) is 5.88 Å². The maximum absolute atomic E-state index is 13.1. The summed E-state index contributed by atoms with van der Waals surface area (Å²) >= 11 is 0. The van der Waals surface area contributed by atoms with Crippen LogP contribution in [0.1, 0.15) is 36.9 Å². The Labute approximate surface area is 217 Å². The molecule has 0 amide bonds. The van der Waals surface area contributed by atoms with Crippen LogP contribution in [0.25, 0.3) is 16.7 Å². The molecule has 1 aromatic carbocycles. The second kappa shape index (κ2) is 9.81. The van der Waals surface area contributed by atoms with Crippen molar-refractivity contribution >= 4 is 23.6 Å². The SMILES string of the molecule is CN/C(Nc1cncc(OC2CC(F)(F)C2)n1)=C(\C=N)c1ccc(-c2ccc(C3(C(=O)O)CC3)cc2)cn1. The average Bonchev–Trinajstić information content (AvgIpc) is 3.71. The predicted molar refractivity (Wildman–Crippen MR) is 137 cm³/mol. The van der Waals surface area contributed by atoms with Gasteiger partial charge in [-0.3, -0.25) is 14.8 Å². The van der Waals surface area contributed by atoms with Crippen LogP contribution in [0.15, 0.2) is 60.8 Å². The van der Waals surface area contributed by atoms with Gasteiger partial charge in [0.25, 0.3) is 5.92 Å². The van der Waals surface area contributed by atoms with Crippen molar-refractivity contribution in [2.24, 2.45) is 0 Å². The quantitative estimate of drug-likeness (QED) is 0.288. The van der Waals surface area contributed by atoms with Gasteiger partial charge in [-0.2, -0.15) is 4.98 Å². The Hall–Kier alpha value is -4.41. The van der Waals surface area contributed by atoms with E-state index in [2.05, 4.69) is 25.6 Å². The number of alkyl halides is 2. The fourth-order valence-corrected chi connectivity index (χ4v) is 4.45. The summed E-state index contributed by atoms with van der Waals surface area (Å²) in [5.41, 5.74) is 2.79. The largest absolute Gasteiger partial charge is 0.481 e. The van der Waals surface area contributed by atoms with Gasteiger partial charge in [0, 0.05) is 37.9 Å². The second-order valence-corrected chi connectivity index (χ2v) is 9.45. The number of halogens is 2. The van der Waals surface area contributed by atoms with E-state index in [9.17, 15) is 18.7 Å². The van der Waals surface area contributed by atoms with Crippen molar-refractivity contribution in [1.29, 1.82) is 5.41 Å². The summed E-state index contributed by atoms with van der Waals surface area (Å²) in [5, 5.41) is 23.5. The topological polar surface area (TPSA) is 133 Å². The molecule has 2 saturated carbocycles. The fraction of sp³-hybridized carbons (Fsp3) is 0.296. The van der Waals surface area contributed by atoms with Crippen molar-refractivity contribution in [3.63, 3.8) is 0 Å². The molecule has 0 saturated heterocycles. The molecule has 2 heterocycles. The first-order valence-corrected chi connectivity index (χ1v) is 12.1. The molecule has 2 aliphatic carbocycles. The van der Waals surface area contributed by atoms with Gasteiger partial charge in [0.1, 0.15) is 11.9 Å². The summed E-state index contributed by atoms with van der Waals surface area (Å²) in [5.74, 6) is -2.60. The highest BCUT2D eigenvalue weighted by atomic mass is 19.3. The van der Waals surface area contributed by atoms with Gasteiger partial charge >= 0.3 is 5.97 Å². The third-order valence-corrected chi connectivity index (χ3v) is 6.84. The number of hydrogen-bond donors (Lipinski definition) is 4. The summed E-state index contributed by atoms with van der Waals surface area (Å²) in [6.07, 6.45) is 5.67. The van der Waals surface area contributed by atoms with E-state index in [1.54, 1.807) is 19.3 Å². The molecule has 0 unspecified atom stereocenters. The summed E-state index contributed by atoms with van der Waals surface area (Å²) in [6, 6.07) is 11.1. The normalized spacial score (nSPS) is 18.0. The summed E-state index contributed by atoms with van der Waals surface area (Å²) in [6.45, 7) is 0. The third-order valence-electron chi connectivity index (χ3n) is 6.84. The predicted octanol–water partition coefficient (Wildman–Crippen LogP) is 4.48. The molecule has 0 spiro atoms. The number of aromatic nitrogens is 3.